The third kappa shape index (κ3) is 5.37. The van der Waals surface area contributed by atoms with E-state index in [4.69, 9.17) is 21.1 Å². The van der Waals surface area contributed by atoms with Gasteiger partial charge in [0.2, 0.25) is 0 Å². The smallest absolute Gasteiger partial charge is 0.193 e. The quantitative estimate of drug-likeness (QED) is 0.412. The second kappa shape index (κ2) is 9.97. The van der Waals surface area contributed by atoms with Crippen LogP contribution in [0.15, 0.2) is 29.4 Å². The molecule has 1 unspecified atom stereocenters. The number of aliphatic imine (C=N–C) groups is 1. The van der Waals surface area contributed by atoms with Crippen LogP contribution in [0.25, 0.3) is 10.9 Å². The van der Waals surface area contributed by atoms with Gasteiger partial charge in [-0.1, -0.05) is 11.6 Å². The fourth-order valence-corrected chi connectivity index (χ4v) is 3.72. The van der Waals surface area contributed by atoms with Crippen molar-refractivity contribution >= 4 is 28.5 Å². The summed E-state index contributed by atoms with van der Waals surface area (Å²) in [4.78, 5) is 10.1. The van der Waals surface area contributed by atoms with E-state index < -0.39 is 0 Å². The van der Waals surface area contributed by atoms with Crippen LogP contribution in [-0.2, 0) is 15.9 Å². The molecule has 27 heavy (non-hydrogen) atoms. The van der Waals surface area contributed by atoms with Gasteiger partial charge in [0.05, 0.1) is 19.8 Å². The number of rotatable bonds is 8. The number of nitrogens with zero attached hydrogens (tertiary/aromatic N) is 2. The first-order chi connectivity index (χ1) is 13.2. The largest absolute Gasteiger partial charge is 0.382 e. The van der Waals surface area contributed by atoms with E-state index in [1.807, 2.05) is 25.2 Å². The highest BCUT2D eigenvalue weighted by atomic mass is 35.5. The number of hydrogen-bond donors (Lipinski definition) is 2. The van der Waals surface area contributed by atoms with Crippen LogP contribution in [0.3, 0.4) is 0 Å². The summed E-state index contributed by atoms with van der Waals surface area (Å²) in [5.74, 6) is 1.52. The van der Waals surface area contributed by atoms with Gasteiger partial charge < -0.3 is 24.7 Å². The monoisotopic (exact) mass is 392 g/mol. The number of nitrogens with one attached hydrogen (secondary N) is 2. The summed E-state index contributed by atoms with van der Waals surface area (Å²) in [7, 11) is 3.54. The van der Waals surface area contributed by atoms with Crippen LogP contribution >= 0.6 is 11.6 Å². The van der Waals surface area contributed by atoms with Gasteiger partial charge in [-0.25, -0.2) is 0 Å². The molecule has 2 N–H and O–H groups in total. The minimum atomic E-state index is 0.552. The highest BCUT2D eigenvalue weighted by Gasteiger charge is 2.24. The van der Waals surface area contributed by atoms with E-state index in [1.165, 1.54) is 10.9 Å². The lowest BCUT2D eigenvalue weighted by Crippen LogP contribution is -2.41. The fraction of sp³-hybridized carbons (Fsp3) is 0.550. The van der Waals surface area contributed by atoms with Gasteiger partial charge in [0.1, 0.15) is 0 Å². The normalized spacial score (nSPS) is 17.8. The van der Waals surface area contributed by atoms with Crippen molar-refractivity contribution < 1.29 is 9.47 Å². The van der Waals surface area contributed by atoms with Crippen LogP contribution in [0.2, 0.25) is 5.02 Å². The molecule has 1 fully saturated rings. The topological polar surface area (TPSA) is 61.9 Å². The molecule has 0 aliphatic carbocycles. The standard InChI is InChI=1S/C20H29ClN4O2/c1-22-20(25-8-6-15(13-25)14-27-10-9-26-2)23-7-5-16-12-24-19-4-3-17(21)11-18(16)19/h3-4,11-12,15,24H,5-10,13-14H2,1-2H3,(H,22,23). The molecule has 1 atom stereocenters. The Balaban J connectivity index is 1.46. The minimum absolute atomic E-state index is 0.552. The maximum Gasteiger partial charge on any atom is 0.193 e. The predicted molar refractivity (Wildman–Crippen MR) is 111 cm³/mol. The Hall–Kier alpha value is -1.76. The van der Waals surface area contributed by atoms with Crippen molar-refractivity contribution in [1.29, 1.82) is 0 Å². The molecule has 7 heteroatoms. The number of hydrogen-bond acceptors (Lipinski definition) is 3. The van der Waals surface area contributed by atoms with Gasteiger partial charge in [-0.15, -0.1) is 0 Å². The molecule has 148 valence electrons. The molecular weight excluding hydrogens is 364 g/mol. The van der Waals surface area contributed by atoms with Gasteiger partial charge in [0.25, 0.3) is 0 Å². The van der Waals surface area contributed by atoms with Gasteiger partial charge in [-0.3, -0.25) is 4.99 Å². The molecular formula is C20H29ClN4O2. The Bertz CT molecular complexity index is 762. The van der Waals surface area contributed by atoms with Crippen LogP contribution in [0.1, 0.15) is 12.0 Å². The predicted octanol–water partition coefficient (Wildman–Crippen LogP) is 2.92. The number of guanidine groups is 1. The number of methoxy groups -OCH3 is 1. The van der Waals surface area contributed by atoms with Crippen molar-refractivity contribution in [3.63, 3.8) is 0 Å². The third-order valence-electron chi connectivity index (χ3n) is 4.99. The molecule has 1 saturated heterocycles. The molecule has 1 aromatic heterocycles. The molecule has 1 aromatic carbocycles. The number of aromatic nitrogens is 1. The SMILES string of the molecule is CN=C(NCCc1c[nH]c2ccc(Cl)cc12)N1CCC(COCCOC)C1. The molecule has 0 spiro atoms. The summed E-state index contributed by atoms with van der Waals surface area (Å²) in [6, 6.07) is 5.95. The number of aromatic amines is 1. The Labute approximate surface area is 165 Å². The summed E-state index contributed by atoms with van der Waals surface area (Å²) < 4.78 is 10.7. The number of benzene rings is 1. The Morgan fingerprint density at radius 1 is 1.41 bits per heavy atom. The lowest BCUT2D eigenvalue weighted by Gasteiger charge is -2.21. The Morgan fingerprint density at radius 3 is 3.11 bits per heavy atom. The first-order valence-corrected chi connectivity index (χ1v) is 9.87. The maximum absolute atomic E-state index is 6.14. The molecule has 0 saturated carbocycles. The van der Waals surface area contributed by atoms with Gasteiger partial charge >= 0.3 is 0 Å². The van der Waals surface area contributed by atoms with Crippen molar-refractivity contribution in [2.75, 3.05) is 53.6 Å². The lowest BCUT2D eigenvalue weighted by atomic mass is 10.1. The minimum Gasteiger partial charge on any atom is -0.382 e. The summed E-state index contributed by atoms with van der Waals surface area (Å²) in [5.41, 5.74) is 2.39. The van der Waals surface area contributed by atoms with Crippen molar-refractivity contribution in [2.24, 2.45) is 10.9 Å². The molecule has 3 rings (SSSR count). The van der Waals surface area contributed by atoms with E-state index in [1.54, 1.807) is 7.11 Å². The van der Waals surface area contributed by atoms with Gasteiger partial charge in [0, 0.05) is 61.8 Å². The molecule has 1 aliphatic heterocycles. The first-order valence-electron chi connectivity index (χ1n) is 9.49. The zero-order valence-corrected chi connectivity index (χ0v) is 16.9. The van der Waals surface area contributed by atoms with Crippen LogP contribution in [0, 0.1) is 5.92 Å². The van der Waals surface area contributed by atoms with Crippen molar-refractivity contribution in [3.05, 3.63) is 35.0 Å². The molecule has 0 bridgehead atoms. The number of likely N-dealkylation sites (tertiary alicyclic amines) is 1. The van der Waals surface area contributed by atoms with Gasteiger partial charge in [0.15, 0.2) is 5.96 Å². The first kappa shape index (κ1) is 20.0. The number of H-pyrrole nitrogens is 1. The second-order valence-corrected chi connectivity index (χ2v) is 7.33. The molecule has 0 radical (unpaired) electrons. The van der Waals surface area contributed by atoms with E-state index >= 15 is 0 Å². The average Bonchev–Trinajstić information content (AvgIpc) is 3.29. The zero-order valence-electron chi connectivity index (χ0n) is 16.1. The van der Waals surface area contributed by atoms with Crippen molar-refractivity contribution in [1.82, 2.24) is 15.2 Å². The summed E-state index contributed by atoms with van der Waals surface area (Å²) in [5, 5.41) is 5.45. The van der Waals surface area contributed by atoms with Crippen molar-refractivity contribution in [3.8, 4) is 0 Å². The molecule has 2 aromatic rings. The van der Waals surface area contributed by atoms with Gasteiger partial charge in [-0.05, 0) is 36.6 Å². The van der Waals surface area contributed by atoms with Crippen LogP contribution < -0.4 is 5.32 Å². The lowest BCUT2D eigenvalue weighted by molar-refractivity contribution is 0.0536. The Morgan fingerprint density at radius 2 is 2.30 bits per heavy atom. The molecule has 0 amide bonds. The van der Waals surface area contributed by atoms with E-state index in [0.717, 1.165) is 55.6 Å². The molecule has 1 aliphatic rings. The summed E-state index contributed by atoms with van der Waals surface area (Å²) >= 11 is 6.14. The summed E-state index contributed by atoms with van der Waals surface area (Å²) in [6.07, 6.45) is 4.11. The fourth-order valence-electron chi connectivity index (χ4n) is 3.55. The van der Waals surface area contributed by atoms with Crippen LogP contribution in [-0.4, -0.2) is 69.5 Å². The molecule has 6 nitrogen and oxygen atoms in total. The van der Waals surface area contributed by atoms with E-state index in [-0.39, 0.29) is 0 Å². The number of halogens is 1. The summed E-state index contributed by atoms with van der Waals surface area (Å²) in [6.45, 7) is 4.92. The maximum atomic E-state index is 6.14. The number of fused-ring (bicyclic) bond motifs is 1. The highest BCUT2D eigenvalue weighted by molar-refractivity contribution is 6.31. The third-order valence-corrected chi connectivity index (χ3v) is 5.22. The highest BCUT2D eigenvalue weighted by Crippen LogP contribution is 2.22. The van der Waals surface area contributed by atoms with E-state index in [0.29, 0.717) is 19.1 Å². The van der Waals surface area contributed by atoms with Gasteiger partial charge in [-0.2, -0.15) is 0 Å². The zero-order chi connectivity index (χ0) is 19.1. The number of ether oxygens (including phenoxy) is 2. The second-order valence-electron chi connectivity index (χ2n) is 6.90. The van der Waals surface area contributed by atoms with E-state index in [2.05, 4.69) is 26.4 Å². The van der Waals surface area contributed by atoms with Crippen LogP contribution in [0.4, 0.5) is 0 Å². The Kier molecular flexibility index (Phi) is 7.38. The van der Waals surface area contributed by atoms with E-state index in [9.17, 15) is 0 Å². The molecule has 2 heterocycles. The average molecular weight is 393 g/mol. The van der Waals surface area contributed by atoms with Crippen LogP contribution in [0.5, 0.6) is 0 Å². The van der Waals surface area contributed by atoms with Crippen molar-refractivity contribution in [2.45, 2.75) is 12.8 Å².